The van der Waals surface area contributed by atoms with Crippen LogP contribution in [-0.4, -0.2) is 17.1 Å². The van der Waals surface area contributed by atoms with E-state index in [1.54, 1.807) is 0 Å². The van der Waals surface area contributed by atoms with Crippen molar-refractivity contribution in [3.8, 4) is 22.6 Å². The van der Waals surface area contributed by atoms with Gasteiger partial charge in [0.25, 0.3) is 0 Å². The minimum absolute atomic E-state index is 0.390. The molecule has 2 unspecified atom stereocenters. The van der Waals surface area contributed by atoms with Crippen molar-refractivity contribution in [1.82, 2.24) is 0 Å². The quantitative estimate of drug-likeness (QED) is 0.635. The van der Waals surface area contributed by atoms with Crippen molar-refractivity contribution >= 4 is 17.6 Å². The topological polar surface area (TPSA) is 72.5 Å². The molecule has 0 heterocycles. The zero-order chi connectivity index (χ0) is 19.7. The Kier molecular flexibility index (Phi) is 5.07. The molecule has 3 aromatic rings. The summed E-state index contributed by atoms with van der Waals surface area (Å²) in [5, 5.41) is 10.3. The third-order valence-electron chi connectivity index (χ3n) is 5.14. The minimum atomic E-state index is -0.898. The van der Waals surface area contributed by atoms with E-state index in [0.29, 0.717) is 22.9 Å². The summed E-state index contributed by atoms with van der Waals surface area (Å²) in [4.78, 5) is 11.7. The molecular weight excluding hydrogens is 374 g/mol. The zero-order valence-corrected chi connectivity index (χ0v) is 15.9. The molecule has 4 nitrogen and oxygen atoms in total. The summed E-state index contributed by atoms with van der Waals surface area (Å²) in [6.07, 6.45) is 1.45. The molecule has 0 radical (unpaired) electrons. The normalized spacial score (nSPS) is 18.4. The molecular formula is C23H20ClNO3. The van der Waals surface area contributed by atoms with Gasteiger partial charge in [-0.2, -0.15) is 0 Å². The van der Waals surface area contributed by atoms with Gasteiger partial charge in [-0.3, -0.25) is 4.79 Å². The van der Waals surface area contributed by atoms with Crippen LogP contribution in [-0.2, 0) is 11.2 Å². The van der Waals surface area contributed by atoms with E-state index >= 15 is 0 Å². The number of rotatable bonds is 4. The van der Waals surface area contributed by atoms with Crippen LogP contribution in [0.3, 0.4) is 0 Å². The highest BCUT2D eigenvalue weighted by Gasteiger charge is 2.33. The number of hydrogen-bond acceptors (Lipinski definition) is 3. The van der Waals surface area contributed by atoms with E-state index in [4.69, 9.17) is 22.1 Å². The monoisotopic (exact) mass is 393 g/mol. The highest BCUT2D eigenvalue weighted by molar-refractivity contribution is 6.30. The summed E-state index contributed by atoms with van der Waals surface area (Å²) < 4.78 is 6.16. The van der Waals surface area contributed by atoms with Gasteiger partial charge in [0.2, 0.25) is 0 Å². The van der Waals surface area contributed by atoms with E-state index in [1.165, 1.54) is 0 Å². The molecule has 1 aliphatic carbocycles. The fraction of sp³-hybridized carbons (Fsp3) is 0.174. The van der Waals surface area contributed by atoms with Gasteiger partial charge in [0, 0.05) is 16.6 Å². The second-order valence-corrected chi connectivity index (χ2v) is 7.42. The highest BCUT2D eigenvalue weighted by Crippen LogP contribution is 2.38. The molecule has 142 valence electrons. The summed E-state index contributed by atoms with van der Waals surface area (Å²) in [6, 6.07) is 20.5. The van der Waals surface area contributed by atoms with Gasteiger partial charge < -0.3 is 15.6 Å². The maximum absolute atomic E-state index is 11.7. The number of carbonyl (C=O) groups is 1. The summed E-state index contributed by atoms with van der Waals surface area (Å²) >= 11 is 6.14. The summed E-state index contributed by atoms with van der Waals surface area (Å²) in [5.74, 6) is -0.342. The van der Waals surface area contributed by atoms with E-state index in [2.05, 4.69) is 0 Å². The van der Waals surface area contributed by atoms with Gasteiger partial charge in [-0.05, 0) is 59.9 Å². The first-order chi connectivity index (χ1) is 13.5. The number of halogens is 1. The van der Waals surface area contributed by atoms with Crippen LogP contribution < -0.4 is 10.5 Å². The van der Waals surface area contributed by atoms with Crippen molar-refractivity contribution in [2.45, 2.75) is 24.8 Å². The van der Waals surface area contributed by atoms with E-state index < -0.39 is 11.9 Å². The number of carboxylic acid groups (broad SMARTS) is 1. The van der Waals surface area contributed by atoms with E-state index in [-0.39, 0.29) is 6.04 Å². The van der Waals surface area contributed by atoms with Crippen molar-refractivity contribution < 1.29 is 14.6 Å². The molecule has 0 amide bonds. The number of hydrogen-bond donors (Lipinski definition) is 2. The molecule has 5 heteroatoms. The molecule has 0 fully saturated rings. The first kappa shape index (κ1) is 18.5. The number of fused-ring (bicyclic) bond motifs is 1. The lowest BCUT2D eigenvalue weighted by Crippen LogP contribution is -2.37. The third-order valence-corrected chi connectivity index (χ3v) is 5.38. The average Bonchev–Trinajstić information content (AvgIpc) is 2.68. The Labute approximate surface area is 168 Å². The highest BCUT2D eigenvalue weighted by atomic mass is 35.5. The second kappa shape index (κ2) is 7.66. The largest absolute Gasteiger partial charge is 0.481 e. The number of ether oxygens (including phenoxy) is 1. The number of aryl methyl sites for hydroxylation is 1. The van der Waals surface area contributed by atoms with E-state index in [1.807, 2.05) is 66.7 Å². The molecule has 3 N–H and O–H groups in total. The van der Waals surface area contributed by atoms with Crippen molar-refractivity contribution in [2.24, 2.45) is 5.73 Å². The predicted molar refractivity (Wildman–Crippen MR) is 110 cm³/mol. The Morgan fingerprint density at radius 2 is 1.89 bits per heavy atom. The summed E-state index contributed by atoms with van der Waals surface area (Å²) in [7, 11) is 0. The van der Waals surface area contributed by atoms with Crippen molar-refractivity contribution in [2.75, 3.05) is 0 Å². The molecule has 2 atom stereocenters. The average molecular weight is 394 g/mol. The van der Waals surface area contributed by atoms with Gasteiger partial charge in [-0.15, -0.1) is 0 Å². The number of benzene rings is 3. The lowest BCUT2D eigenvalue weighted by atomic mass is 9.79. The Hall–Kier alpha value is -2.82. The van der Waals surface area contributed by atoms with Gasteiger partial charge in [-0.1, -0.05) is 48.0 Å². The minimum Gasteiger partial charge on any atom is -0.481 e. The van der Waals surface area contributed by atoms with Crippen LogP contribution >= 0.6 is 11.6 Å². The molecule has 4 rings (SSSR count). The number of carboxylic acids is 1. The molecule has 0 aromatic heterocycles. The van der Waals surface area contributed by atoms with Gasteiger partial charge in [-0.25, -0.2) is 0 Å². The van der Waals surface area contributed by atoms with Crippen LogP contribution in [0.2, 0.25) is 5.02 Å². The summed E-state index contributed by atoms with van der Waals surface area (Å²) in [5.41, 5.74) is 9.70. The van der Waals surface area contributed by atoms with Crippen LogP contribution in [0.5, 0.6) is 11.5 Å². The fourth-order valence-corrected chi connectivity index (χ4v) is 3.96. The molecule has 28 heavy (non-hydrogen) atoms. The SMILES string of the molecule is NC1CCc2ccc(Oc3ccccc3-c3cccc(Cl)c3)cc2C1C(=O)O. The molecule has 0 bridgehead atoms. The smallest absolute Gasteiger partial charge is 0.312 e. The fourth-order valence-electron chi connectivity index (χ4n) is 3.77. The Balaban J connectivity index is 1.71. The Bertz CT molecular complexity index is 1030. The molecule has 0 saturated carbocycles. The molecule has 1 aliphatic rings. The molecule has 0 saturated heterocycles. The van der Waals surface area contributed by atoms with Crippen LogP contribution in [0, 0.1) is 0 Å². The van der Waals surface area contributed by atoms with Crippen molar-refractivity contribution in [3.63, 3.8) is 0 Å². The van der Waals surface area contributed by atoms with Crippen LogP contribution in [0.1, 0.15) is 23.5 Å². The van der Waals surface area contributed by atoms with Crippen LogP contribution in [0.25, 0.3) is 11.1 Å². The van der Waals surface area contributed by atoms with Crippen LogP contribution in [0.15, 0.2) is 66.7 Å². The van der Waals surface area contributed by atoms with E-state index in [0.717, 1.165) is 28.7 Å². The predicted octanol–water partition coefficient (Wildman–Crippen LogP) is 5.24. The molecule has 3 aromatic carbocycles. The molecule has 0 spiro atoms. The first-order valence-electron chi connectivity index (χ1n) is 9.17. The second-order valence-electron chi connectivity index (χ2n) is 6.99. The zero-order valence-electron chi connectivity index (χ0n) is 15.1. The number of para-hydroxylation sites is 1. The van der Waals surface area contributed by atoms with Gasteiger partial charge in [0.05, 0.1) is 5.92 Å². The molecule has 0 aliphatic heterocycles. The van der Waals surface area contributed by atoms with Crippen LogP contribution in [0.4, 0.5) is 0 Å². The maximum atomic E-state index is 11.7. The van der Waals surface area contributed by atoms with Crippen molar-refractivity contribution in [3.05, 3.63) is 82.9 Å². The standard InChI is InChI=1S/C23H20ClNO3/c24-16-5-3-4-15(12-16)18-6-1-2-7-21(18)28-17-10-8-14-9-11-20(25)22(23(26)27)19(14)13-17/h1-8,10,12-13,20,22H,9,11,25H2,(H,26,27). The Morgan fingerprint density at radius 1 is 1.07 bits per heavy atom. The van der Waals surface area contributed by atoms with Gasteiger partial charge >= 0.3 is 5.97 Å². The first-order valence-corrected chi connectivity index (χ1v) is 9.55. The van der Waals surface area contributed by atoms with Crippen molar-refractivity contribution in [1.29, 1.82) is 0 Å². The number of nitrogens with two attached hydrogens (primary N) is 1. The lowest BCUT2D eigenvalue weighted by Gasteiger charge is -2.28. The summed E-state index contributed by atoms with van der Waals surface area (Å²) in [6.45, 7) is 0. The van der Waals surface area contributed by atoms with Gasteiger partial charge in [0.1, 0.15) is 11.5 Å². The Morgan fingerprint density at radius 3 is 2.68 bits per heavy atom. The van der Waals surface area contributed by atoms with Gasteiger partial charge in [0.15, 0.2) is 0 Å². The van der Waals surface area contributed by atoms with E-state index in [9.17, 15) is 9.90 Å². The maximum Gasteiger partial charge on any atom is 0.312 e. The third kappa shape index (κ3) is 3.61. The number of aliphatic carboxylic acids is 1. The lowest BCUT2D eigenvalue weighted by molar-refractivity contribution is -0.139.